The zero-order chi connectivity index (χ0) is 28.6. The highest BCUT2D eigenvalue weighted by Gasteiger charge is 2.40. The summed E-state index contributed by atoms with van der Waals surface area (Å²) in [6, 6.07) is 0.465. The number of carbonyl (C=O) groups excluding carboxylic acids is 4. The van der Waals surface area contributed by atoms with Crippen molar-refractivity contribution in [1.82, 2.24) is 10.3 Å². The second-order valence-electron chi connectivity index (χ2n) is 10.8. The summed E-state index contributed by atoms with van der Waals surface area (Å²) >= 11 is 0. The molecule has 2 heterocycles. The summed E-state index contributed by atoms with van der Waals surface area (Å²) in [5.74, 6) is -2.29. The number of cyclic esters (lactones) is 1. The van der Waals surface area contributed by atoms with Gasteiger partial charge in [-0.05, 0) is 51.9 Å². The number of hydrogen-bond acceptors (Lipinski definition) is 10. The average Bonchev–Trinajstić information content (AvgIpc) is 3.65. The van der Waals surface area contributed by atoms with Gasteiger partial charge in [-0.15, -0.1) is 0 Å². The molecule has 0 radical (unpaired) electrons. The smallest absolute Gasteiger partial charge is 0.329 e. The third kappa shape index (κ3) is 7.50. The monoisotopic (exact) mass is 560 g/mol. The summed E-state index contributed by atoms with van der Waals surface area (Å²) in [7, 11) is 1.38. The van der Waals surface area contributed by atoms with E-state index >= 15 is 0 Å². The van der Waals surface area contributed by atoms with E-state index in [4.69, 9.17) is 23.7 Å². The molecular weight excluding hydrogens is 520 g/mol. The maximum atomic E-state index is 13.3. The Balaban J connectivity index is 1.51. The maximum Gasteiger partial charge on any atom is 0.329 e. The molecule has 2 saturated carbocycles. The number of methoxy groups -OCH3 is 1. The van der Waals surface area contributed by atoms with Crippen LogP contribution in [0.15, 0.2) is 12.3 Å². The van der Waals surface area contributed by atoms with Crippen LogP contribution < -0.4 is 14.8 Å². The first kappa shape index (κ1) is 29.8. The molecule has 1 aliphatic heterocycles. The Morgan fingerprint density at radius 2 is 1.70 bits per heavy atom. The minimum atomic E-state index is -0.996. The van der Waals surface area contributed by atoms with Crippen molar-refractivity contribution in [2.75, 3.05) is 7.11 Å². The summed E-state index contributed by atoms with van der Waals surface area (Å²) < 4.78 is 28.7. The zero-order valence-electron chi connectivity index (χ0n) is 23.5. The van der Waals surface area contributed by atoms with Crippen LogP contribution in [0.4, 0.5) is 0 Å². The molecule has 0 unspecified atom stereocenters. The first-order chi connectivity index (χ1) is 19.3. The number of nitrogens with one attached hydrogen (secondary N) is 1. The van der Waals surface area contributed by atoms with Crippen LogP contribution in [-0.4, -0.2) is 66.4 Å². The lowest BCUT2D eigenvalue weighted by atomic mass is 10.0. The zero-order valence-corrected chi connectivity index (χ0v) is 23.5. The number of esters is 3. The van der Waals surface area contributed by atoms with Gasteiger partial charge in [-0.1, -0.05) is 25.7 Å². The van der Waals surface area contributed by atoms with Crippen molar-refractivity contribution in [2.24, 2.45) is 5.92 Å². The fourth-order valence-electron chi connectivity index (χ4n) is 5.77. The van der Waals surface area contributed by atoms with Crippen LogP contribution in [-0.2, 0) is 28.6 Å². The molecule has 4 atom stereocenters. The van der Waals surface area contributed by atoms with Crippen LogP contribution in [0.25, 0.3) is 0 Å². The van der Waals surface area contributed by atoms with E-state index in [1.807, 2.05) is 0 Å². The average molecular weight is 561 g/mol. The molecule has 0 aromatic carbocycles. The number of pyridine rings is 1. The minimum Gasteiger partial charge on any atom is -0.493 e. The molecule has 11 heteroatoms. The molecular formula is C29H40N2O9. The highest BCUT2D eigenvalue weighted by molar-refractivity contribution is 5.98. The standard InChI is InChI=1S/C29H40N2O9/c1-17-25(39-20-11-6-7-12-20)23(40-28(34)19-9-4-5-10-19)14-8-13-21(29(35)37-17)31-27(33)24-26(38-18(2)32)22(36-3)15-16-30-24/h15-17,19-21,23,25H,4-14H2,1-3H3,(H,31,33)/t17-,21-,23-,25-/m0/s1. The summed E-state index contributed by atoms with van der Waals surface area (Å²) in [6.45, 7) is 2.94. The normalized spacial score (nSPS) is 26.2. The molecule has 1 aromatic rings. The molecule has 1 aromatic heterocycles. The summed E-state index contributed by atoms with van der Waals surface area (Å²) in [5, 5.41) is 2.68. The van der Waals surface area contributed by atoms with E-state index in [0.717, 1.165) is 51.4 Å². The largest absolute Gasteiger partial charge is 0.493 e. The molecule has 1 N–H and O–H groups in total. The van der Waals surface area contributed by atoms with Crippen molar-refractivity contribution in [2.45, 2.75) is 115 Å². The third-order valence-electron chi connectivity index (χ3n) is 7.86. The van der Waals surface area contributed by atoms with Crippen LogP contribution in [0.3, 0.4) is 0 Å². The number of amides is 1. The Morgan fingerprint density at radius 1 is 1.00 bits per heavy atom. The van der Waals surface area contributed by atoms with Gasteiger partial charge in [-0.25, -0.2) is 9.78 Å². The Morgan fingerprint density at radius 3 is 2.38 bits per heavy atom. The number of ether oxygens (including phenoxy) is 5. The molecule has 0 bridgehead atoms. The van der Waals surface area contributed by atoms with E-state index in [-0.39, 0.29) is 41.6 Å². The predicted octanol–water partition coefficient (Wildman–Crippen LogP) is 3.66. The lowest BCUT2D eigenvalue weighted by molar-refractivity contribution is -0.184. The molecule has 0 spiro atoms. The van der Waals surface area contributed by atoms with Gasteiger partial charge >= 0.3 is 17.9 Å². The minimum absolute atomic E-state index is 0.0221. The molecule has 11 nitrogen and oxygen atoms in total. The van der Waals surface area contributed by atoms with E-state index in [1.165, 1.54) is 26.3 Å². The van der Waals surface area contributed by atoms with Gasteiger partial charge in [0, 0.05) is 19.2 Å². The van der Waals surface area contributed by atoms with Crippen molar-refractivity contribution in [3.8, 4) is 11.5 Å². The fourth-order valence-corrected chi connectivity index (χ4v) is 5.77. The highest BCUT2D eigenvalue weighted by Crippen LogP contribution is 2.32. The topological polar surface area (TPSA) is 139 Å². The van der Waals surface area contributed by atoms with E-state index in [0.29, 0.717) is 12.8 Å². The first-order valence-corrected chi connectivity index (χ1v) is 14.4. The number of carbonyl (C=O) groups is 4. The number of hydrogen-bond donors (Lipinski definition) is 1. The lowest BCUT2D eigenvalue weighted by Crippen LogP contribution is -2.47. The number of nitrogens with zero attached hydrogens (tertiary/aromatic N) is 1. The van der Waals surface area contributed by atoms with Gasteiger partial charge in [0.05, 0.1) is 19.1 Å². The quantitative estimate of drug-likeness (QED) is 0.469. The molecule has 220 valence electrons. The van der Waals surface area contributed by atoms with E-state index < -0.39 is 42.2 Å². The number of rotatable bonds is 8. The molecule has 1 saturated heterocycles. The first-order valence-electron chi connectivity index (χ1n) is 14.4. The van der Waals surface area contributed by atoms with Crippen molar-refractivity contribution < 1.29 is 42.9 Å². The SMILES string of the molecule is COc1ccnc(C(=O)N[C@H]2CCC[C@H](OC(=O)C3CCCC3)[C@@H](OC3CCCC3)[C@H](C)OC2=O)c1OC(C)=O. The second kappa shape index (κ2) is 13.9. The summed E-state index contributed by atoms with van der Waals surface area (Å²) in [4.78, 5) is 55.2. The van der Waals surface area contributed by atoms with Gasteiger partial charge in [0.1, 0.15) is 24.4 Å². The van der Waals surface area contributed by atoms with Crippen molar-refractivity contribution >= 4 is 23.8 Å². The lowest BCUT2D eigenvalue weighted by Gasteiger charge is -2.33. The van der Waals surface area contributed by atoms with Gasteiger partial charge in [0.15, 0.2) is 11.4 Å². The van der Waals surface area contributed by atoms with Crippen LogP contribution in [0.2, 0.25) is 0 Å². The molecule has 3 aliphatic rings. The Kier molecular flexibility index (Phi) is 10.4. The summed E-state index contributed by atoms with van der Waals surface area (Å²) in [6.07, 6.45) is 8.31. The molecule has 4 rings (SSSR count). The second-order valence-corrected chi connectivity index (χ2v) is 10.8. The van der Waals surface area contributed by atoms with E-state index in [2.05, 4.69) is 10.3 Å². The van der Waals surface area contributed by atoms with Gasteiger partial charge < -0.3 is 29.0 Å². The Bertz CT molecular complexity index is 1070. The van der Waals surface area contributed by atoms with Crippen LogP contribution in [0.5, 0.6) is 11.5 Å². The van der Waals surface area contributed by atoms with Crippen molar-refractivity contribution in [3.63, 3.8) is 0 Å². The van der Waals surface area contributed by atoms with Gasteiger partial charge in [0.2, 0.25) is 5.75 Å². The van der Waals surface area contributed by atoms with Crippen molar-refractivity contribution in [3.05, 3.63) is 18.0 Å². The third-order valence-corrected chi connectivity index (χ3v) is 7.86. The maximum absolute atomic E-state index is 13.3. The molecule has 3 fully saturated rings. The van der Waals surface area contributed by atoms with Gasteiger partial charge in [0.25, 0.3) is 5.91 Å². The highest BCUT2D eigenvalue weighted by atomic mass is 16.6. The van der Waals surface area contributed by atoms with E-state index in [1.54, 1.807) is 6.92 Å². The van der Waals surface area contributed by atoms with E-state index in [9.17, 15) is 19.2 Å². The van der Waals surface area contributed by atoms with Crippen LogP contribution in [0.1, 0.15) is 95.0 Å². The van der Waals surface area contributed by atoms with Crippen LogP contribution >= 0.6 is 0 Å². The summed E-state index contributed by atoms with van der Waals surface area (Å²) in [5.41, 5.74) is -0.193. The van der Waals surface area contributed by atoms with Gasteiger partial charge in [-0.3, -0.25) is 14.4 Å². The molecule has 2 aliphatic carbocycles. The van der Waals surface area contributed by atoms with Crippen molar-refractivity contribution in [1.29, 1.82) is 0 Å². The molecule has 40 heavy (non-hydrogen) atoms. The van der Waals surface area contributed by atoms with Crippen LogP contribution in [0, 0.1) is 5.92 Å². The Labute approximate surface area is 234 Å². The fraction of sp³-hybridized carbons (Fsp3) is 0.690. The predicted molar refractivity (Wildman–Crippen MR) is 142 cm³/mol. The Hall–Kier alpha value is -3.21. The number of aromatic nitrogens is 1. The molecule has 1 amide bonds. The van der Waals surface area contributed by atoms with Gasteiger partial charge in [-0.2, -0.15) is 0 Å².